The summed E-state index contributed by atoms with van der Waals surface area (Å²) in [5.41, 5.74) is 1.62. The van der Waals surface area contributed by atoms with Crippen molar-refractivity contribution in [1.82, 2.24) is 0 Å². The number of carbonyl (C=O) groups is 1. The van der Waals surface area contributed by atoms with E-state index in [-0.39, 0.29) is 16.7 Å². The largest absolute Gasteiger partial charge is 0.323 e. The Labute approximate surface area is 175 Å². The molecule has 0 aliphatic heterocycles. The van der Waals surface area contributed by atoms with Crippen LogP contribution in [0.3, 0.4) is 0 Å². The van der Waals surface area contributed by atoms with Crippen molar-refractivity contribution >= 4 is 33.2 Å². The molecule has 0 spiro atoms. The summed E-state index contributed by atoms with van der Waals surface area (Å²) in [6.07, 6.45) is 7.22. The second-order valence-electron chi connectivity index (χ2n) is 7.44. The van der Waals surface area contributed by atoms with Gasteiger partial charge in [0, 0.05) is 23.9 Å². The lowest BCUT2D eigenvalue weighted by atomic mass is 10.0. The van der Waals surface area contributed by atoms with Crippen LogP contribution in [0, 0.1) is 10.1 Å². The van der Waals surface area contributed by atoms with Gasteiger partial charge in [-0.05, 0) is 42.2 Å². The molecule has 158 valence electrons. The molecule has 0 radical (unpaired) electrons. The summed E-state index contributed by atoms with van der Waals surface area (Å²) in [6, 6.07) is 12.8. The molecule has 0 atom stereocenters. The van der Waals surface area contributed by atoms with Gasteiger partial charge in [0.1, 0.15) is 0 Å². The number of carbonyl (C=O) groups excluding carboxylic acids is 1. The molecule has 1 aliphatic rings. The first-order chi connectivity index (χ1) is 14.3. The van der Waals surface area contributed by atoms with Crippen LogP contribution in [0.25, 0.3) is 6.08 Å². The first kappa shape index (κ1) is 21.7. The minimum absolute atomic E-state index is 0.0368. The van der Waals surface area contributed by atoms with E-state index in [4.69, 9.17) is 0 Å². The van der Waals surface area contributed by atoms with E-state index in [1.165, 1.54) is 24.3 Å². The number of anilines is 1. The molecule has 1 fully saturated rings. The number of amides is 1. The summed E-state index contributed by atoms with van der Waals surface area (Å²) >= 11 is 0. The maximum Gasteiger partial charge on any atom is 0.270 e. The predicted molar refractivity (Wildman–Crippen MR) is 117 cm³/mol. The lowest BCUT2D eigenvalue weighted by Crippen LogP contribution is -2.25. The molecule has 0 aromatic heterocycles. The third-order valence-corrected chi connectivity index (χ3v) is 7.35. The lowest BCUT2D eigenvalue weighted by molar-refractivity contribution is -0.384. The van der Waals surface area contributed by atoms with Gasteiger partial charge in [-0.2, -0.15) is 0 Å². The normalized spacial score (nSPS) is 15.2. The molecule has 3 rings (SSSR count). The highest BCUT2D eigenvalue weighted by atomic mass is 32.2. The fraction of sp³-hybridized carbons (Fsp3) is 0.318. The van der Waals surface area contributed by atoms with Crippen LogP contribution in [-0.4, -0.2) is 24.5 Å². The van der Waals surface area contributed by atoms with Gasteiger partial charge in [0.15, 0.2) is 9.84 Å². The summed E-state index contributed by atoms with van der Waals surface area (Å²) in [4.78, 5) is 22.5. The van der Waals surface area contributed by atoms with E-state index in [0.29, 0.717) is 16.8 Å². The van der Waals surface area contributed by atoms with Crippen molar-refractivity contribution in [2.24, 2.45) is 0 Å². The quantitative estimate of drug-likeness (QED) is 0.397. The Bertz CT molecular complexity index is 1060. The maximum absolute atomic E-state index is 12.7. The minimum Gasteiger partial charge on any atom is -0.323 e. The average Bonchev–Trinajstić information content (AvgIpc) is 2.73. The molecule has 1 amide bonds. The fourth-order valence-electron chi connectivity index (χ4n) is 3.61. The van der Waals surface area contributed by atoms with Crippen molar-refractivity contribution in [1.29, 1.82) is 0 Å². The van der Waals surface area contributed by atoms with Crippen LogP contribution in [0.2, 0.25) is 0 Å². The van der Waals surface area contributed by atoms with Crippen molar-refractivity contribution in [3.63, 3.8) is 0 Å². The molecule has 8 heteroatoms. The van der Waals surface area contributed by atoms with E-state index >= 15 is 0 Å². The Morgan fingerprint density at radius 2 is 1.83 bits per heavy atom. The summed E-state index contributed by atoms with van der Waals surface area (Å²) < 4.78 is 25.4. The van der Waals surface area contributed by atoms with Crippen LogP contribution in [0.4, 0.5) is 11.4 Å². The number of nitro groups is 1. The molecule has 0 bridgehead atoms. The SMILES string of the molecule is O=C(C=Cc1cccc([N+](=O)[O-])c1)Nc1cccc(CS(=O)(=O)C2CCCCC2)c1. The Hall–Kier alpha value is -3.00. The van der Waals surface area contributed by atoms with E-state index in [1.54, 1.807) is 36.4 Å². The zero-order chi connectivity index (χ0) is 21.6. The number of rotatable bonds is 7. The molecule has 7 nitrogen and oxygen atoms in total. The van der Waals surface area contributed by atoms with E-state index in [9.17, 15) is 23.3 Å². The van der Waals surface area contributed by atoms with Gasteiger partial charge in [-0.1, -0.05) is 43.5 Å². The molecule has 0 heterocycles. The number of benzene rings is 2. The number of nitro benzene ring substituents is 1. The Balaban J connectivity index is 1.64. The van der Waals surface area contributed by atoms with Crippen molar-refractivity contribution in [3.05, 3.63) is 75.8 Å². The molecule has 2 aromatic carbocycles. The van der Waals surface area contributed by atoms with Crippen LogP contribution < -0.4 is 5.32 Å². The van der Waals surface area contributed by atoms with Crippen molar-refractivity contribution < 1.29 is 18.1 Å². The summed E-state index contributed by atoms with van der Waals surface area (Å²) in [5.74, 6) is -0.445. The number of hydrogen-bond donors (Lipinski definition) is 1. The van der Waals surface area contributed by atoms with Gasteiger partial charge in [-0.15, -0.1) is 0 Å². The highest BCUT2D eigenvalue weighted by Gasteiger charge is 2.27. The molecule has 2 aromatic rings. The van der Waals surface area contributed by atoms with E-state index in [1.807, 2.05) is 0 Å². The van der Waals surface area contributed by atoms with E-state index in [2.05, 4.69) is 5.32 Å². The number of nitrogens with zero attached hydrogens (tertiary/aromatic N) is 1. The molecular formula is C22H24N2O5S. The van der Waals surface area contributed by atoms with Crippen LogP contribution in [0.5, 0.6) is 0 Å². The Morgan fingerprint density at radius 1 is 1.10 bits per heavy atom. The van der Waals surface area contributed by atoms with Crippen molar-refractivity contribution in [3.8, 4) is 0 Å². The number of nitrogens with one attached hydrogen (secondary N) is 1. The Morgan fingerprint density at radius 3 is 2.57 bits per heavy atom. The number of hydrogen-bond acceptors (Lipinski definition) is 5. The van der Waals surface area contributed by atoms with Crippen LogP contribution in [-0.2, 0) is 20.4 Å². The average molecular weight is 429 g/mol. The third kappa shape index (κ3) is 6.00. The molecule has 0 saturated heterocycles. The molecular weight excluding hydrogens is 404 g/mol. The van der Waals surface area contributed by atoms with Gasteiger partial charge in [-0.25, -0.2) is 8.42 Å². The summed E-state index contributed by atoms with van der Waals surface area (Å²) in [7, 11) is -3.22. The van der Waals surface area contributed by atoms with Gasteiger partial charge < -0.3 is 5.32 Å². The van der Waals surface area contributed by atoms with Crippen LogP contribution in [0.1, 0.15) is 43.2 Å². The third-order valence-electron chi connectivity index (χ3n) is 5.13. The van der Waals surface area contributed by atoms with Gasteiger partial charge in [0.05, 0.1) is 15.9 Å². The number of non-ortho nitro benzene ring substituents is 1. The van der Waals surface area contributed by atoms with Crippen molar-refractivity contribution in [2.45, 2.75) is 43.1 Å². The predicted octanol–water partition coefficient (Wildman–Crippen LogP) is 4.49. The highest BCUT2D eigenvalue weighted by molar-refractivity contribution is 7.91. The zero-order valence-corrected chi connectivity index (χ0v) is 17.3. The molecule has 1 N–H and O–H groups in total. The standard InChI is InChI=1S/C22H24N2O5S/c25-22(13-12-17-6-5-9-20(15-17)24(26)27)23-19-8-4-7-18(14-19)16-30(28,29)21-10-2-1-3-11-21/h4-9,12-15,21H,1-3,10-11,16H2,(H,23,25). The topological polar surface area (TPSA) is 106 Å². The van der Waals surface area contributed by atoms with Crippen LogP contribution in [0.15, 0.2) is 54.6 Å². The monoisotopic (exact) mass is 428 g/mol. The minimum atomic E-state index is -3.22. The molecule has 30 heavy (non-hydrogen) atoms. The first-order valence-electron chi connectivity index (χ1n) is 9.87. The van der Waals surface area contributed by atoms with Gasteiger partial charge in [-0.3, -0.25) is 14.9 Å². The lowest BCUT2D eigenvalue weighted by Gasteiger charge is -2.21. The molecule has 1 aliphatic carbocycles. The van der Waals surface area contributed by atoms with E-state index in [0.717, 1.165) is 32.1 Å². The second kappa shape index (κ2) is 9.67. The van der Waals surface area contributed by atoms with Crippen molar-refractivity contribution in [2.75, 3.05) is 5.32 Å². The fourth-order valence-corrected chi connectivity index (χ4v) is 5.54. The maximum atomic E-state index is 12.7. The van der Waals surface area contributed by atoms with Crippen LogP contribution >= 0.6 is 0 Å². The smallest absolute Gasteiger partial charge is 0.270 e. The second-order valence-corrected chi connectivity index (χ2v) is 9.72. The number of sulfone groups is 1. The van der Waals surface area contributed by atoms with Gasteiger partial charge in [0.2, 0.25) is 5.91 Å². The molecule has 0 unspecified atom stereocenters. The van der Waals surface area contributed by atoms with E-state index < -0.39 is 20.7 Å². The molecule has 1 saturated carbocycles. The summed E-state index contributed by atoms with van der Waals surface area (Å²) in [6.45, 7) is 0. The zero-order valence-electron chi connectivity index (χ0n) is 16.5. The first-order valence-corrected chi connectivity index (χ1v) is 11.6. The highest BCUT2D eigenvalue weighted by Crippen LogP contribution is 2.26. The Kier molecular flexibility index (Phi) is 6.99. The summed E-state index contributed by atoms with van der Waals surface area (Å²) in [5, 5.41) is 13.2. The van der Waals surface area contributed by atoms with Gasteiger partial charge >= 0.3 is 0 Å². The van der Waals surface area contributed by atoms with Gasteiger partial charge in [0.25, 0.3) is 5.69 Å².